The molecule has 1 aromatic rings. The molecule has 4 heteroatoms. The molecule has 0 aliphatic carbocycles. The van der Waals surface area contributed by atoms with E-state index in [-0.39, 0.29) is 0 Å². The highest BCUT2D eigenvalue weighted by Gasteiger charge is 2.40. The summed E-state index contributed by atoms with van der Waals surface area (Å²) >= 11 is 6.18. The lowest BCUT2D eigenvalue weighted by Crippen LogP contribution is -2.41. The second-order valence-corrected chi connectivity index (χ2v) is 5.68. The SMILES string of the molecule is CC(C)CCOC(=O)[C@@](C)(O)[C@@H](Cl)c1ccccc1. The maximum absolute atomic E-state index is 11.9. The molecule has 0 fully saturated rings. The van der Waals surface area contributed by atoms with Crippen LogP contribution in [0.2, 0.25) is 0 Å². The van der Waals surface area contributed by atoms with Gasteiger partial charge in [-0.3, -0.25) is 0 Å². The molecule has 0 aliphatic heterocycles. The number of halogens is 1. The van der Waals surface area contributed by atoms with Gasteiger partial charge in [-0.15, -0.1) is 11.6 Å². The minimum absolute atomic E-state index is 0.297. The van der Waals surface area contributed by atoms with Crippen LogP contribution < -0.4 is 0 Å². The number of benzene rings is 1. The quantitative estimate of drug-likeness (QED) is 0.644. The molecule has 3 nitrogen and oxygen atoms in total. The van der Waals surface area contributed by atoms with Crippen molar-refractivity contribution in [2.75, 3.05) is 6.61 Å². The molecule has 0 saturated carbocycles. The number of rotatable bonds is 6. The van der Waals surface area contributed by atoms with Crippen LogP contribution >= 0.6 is 11.6 Å². The third-order valence-electron chi connectivity index (χ3n) is 2.93. The number of hydrogen-bond acceptors (Lipinski definition) is 3. The van der Waals surface area contributed by atoms with Crippen molar-refractivity contribution >= 4 is 17.6 Å². The molecular weight excluding hydrogens is 264 g/mol. The van der Waals surface area contributed by atoms with Crippen LogP contribution in [0.15, 0.2) is 30.3 Å². The van der Waals surface area contributed by atoms with E-state index in [2.05, 4.69) is 0 Å². The van der Waals surface area contributed by atoms with Gasteiger partial charge in [0, 0.05) is 0 Å². The molecule has 1 N–H and O–H groups in total. The highest BCUT2D eigenvalue weighted by Crippen LogP contribution is 2.33. The highest BCUT2D eigenvalue weighted by atomic mass is 35.5. The average Bonchev–Trinajstić information content (AvgIpc) is 2.38. The molecule has 0 radical (unpaired) electrons. The van der Waals surface area contributed by atoms with Crippen molar-refractivity contribution in [3.05, 3.63) is 35.9 Å². The fourth-order valence-corrected chi connectivity index (χ4v) is 1.82. The zero-order chi connectivity index (χ0) is 14.5. The van der Waals surface area contributed by atoms with E-state index in [1.165, 1.54) is 6.92 Å². The molecule has 106 valence electrons. The van der Waals surface area contributed by atoms with E-state index in [9.17, 15) is 9.90 Å². The summed E-state index contributed by atoms with van der Waals surface area (Å²) in [5.41, 5.74) is -1.05. The van der Waals surface area contributed by atoms with Gasteiger partial charge in [0.05, 0.1) is 12.0 Å². The normalized spacial score (nSPS) is 15.9. The van der Waals surface area contributed by atoms with Gasteiger partial charge in [0.1, 0.15) is 0 Å². The van der Waals surface area contributed by atoms with Crippen molar-refractivity contribution in [1.29, 1.82) is 0 Å². The van der Waals surface area contributed by atoms with Gasteiger partial charge in [0.25, 0.3) is 0 Å². The first-order chi connectivity index (χ1) is 8.85. The first kappa shape index (κ1) is 16.0. The van der Waals surface area contributed by atoms with Gasteiger partial charge in [-0.05, 0) is 24.8 Å². The lowest BCUT2D eigenvalue weighted by atomic mass is 9.96. The maximum atomic E-state index is 11.9. The molecule has 0 amide bonds. The van der Waals surface area contributed by atoms with Gasteiger partial charge in [0.15, 0.2) is 5.60 Å². The Hall–Kier alpha value is -1.06. The van der Waals surface area contributed by atoms with E-state index in [0.717, 1.165) is 6.42 Å². The Labute approximate surface area is 119 Å². The van der Waals surface area contributed by atoms with Crippen molar-refractivity contribution < 1.29 is 14.6 Å². The number of carbonyl (C=O) groups is 1. The van der Waals surface area contributed by atoms with Gasteiger partial charge in [-0.2, -0.15) is 0 Å². The minimum atomic E-state index is -1.74. The molecule has 0 heterocycles. The largest absolute Gasteiger partial charge is 0.464 e. The lowest BCUT2D eigenvalue weighted by molar-refractivity contribution is -0.164. The molecule has 19 heavy (non-hydrogen) atoms. The fourth-order valence-electron chi connectivity index (χ4n) is 1.58. The maximum Gasteiger partial charge on any atom is 0.339 e. The number of esters is 1. The predicted octanol–water partition coefficient (Wildman–Crippen LogP) is 3.31. The van der Waals surface area contributed by atoms with E-state index in [0.29, 0.717) is 18.1 Å². The van der Waals surface area contributed by atoms with E-state index >= 15 is 0 Å². The Morgan fingerprint density at radius 1 is 1.37 bits per heavy atom. The van der Waals surface area contributed by atoms with Crippen LogP contribution in [0.25, 0.3) is 0 Å². The summed E-state index contributed by atoms with van der Waals surface area (Å²) in [6.07, 6.45) is 0.764. The Kier molecular flexibility index (Phi) is 5.83. The summed E-state index contributed by atoms with van der Waals surface area (Å²) in [5, 5.41) is 9.43. The molecular formula is C15H21ClO3. The summed E-state index contributed by atoms with van der Waals surface area (Å²) < 4.78 is 5.09. The monoisotopic (exact) mass is 284 g/mol. The summed E-state index contributed by atoms with van der Waals surface area (Å²) in [6, 6.07) is 9.01. The Morgan fingerprint density at radius 2 is 1.95 bits per heavy atom. The van der Waals surface area contributed by atoms with Gasteiger partial charge in [-0.25, -0.2) is 4.79 Å². The van der Waals surface area contributed by atoms with Crippen molar-refractivity contribution in [2.24, 2.45) is 5.92 Å². The lowest BCUT2D eigenvalue weighted by Gasteiger charge is -2.26. The van der Waals surface area contributed by atoms with Crippen molar-refractivity contribution in [3.63, 3.8) is 0 Å². The van der Waals surface area contributed by atoms with Crippen LogP contribution in [-0.2, 0) is 9.53 Å². The predicted molar refractivity (Wildman–Crippen MR) is 76.1 cm³/mol. The van der Waals surface area contributed by atoms with Crippen LogP contribution in [0.5, 0.6) is 0 Å². The van der Waals surface area contributed by atoms with Crippen molar-refractivity contribution in [2.45, 2.75) is 38.2 Å². The second kappa shape index (κ2) is 6.92. The van der Waals surface area contributed by atoms with E-state index in [4.69, 9.17) is 16.3 Å². The smallest absolute Gasteiger partial charge is 0.339 e. The number of aliphatic hydroxyl groups is 1. The van der Waals surface area contributed by atoms with Gasteiger partial charge in [-0.1, -0.05) is 44.2 Å². The number of carbonyl (C=O) groups excluding carboxylic acids is 1. The molecule has 0 saturated heterocycles. The molecule has 0 aliphatic rings. The number of alkyl halides is 1. The summed E-state index contributed by atoms with van der Waals surface area (Å²) in [7, 11) is 0. The second-order valence-electron chi connectivity index (χ2n) is 5.24. The van der Waals surface area contributed by atoms with Crippen LogP contribution in [0.4, 0.5) is 0 Å². The Balaban J connectivity index is 2.66. The highest BCUT2D eigenvalue weighted by molar-refractivity contribution is 6.23. The summed E-state index contributed by atoms with van der Waals surface area (Å²) in [6.45, 7) is 5.76. The molecule has 1 rings (SSSR count). The number of ether oxygens (including phenoxy) is 1. The van der Waals surface area contributed by atoms with E-state index in [1.807, 2.05) is 32.0 Å². The first-order valence-electron chi connectivity index (χ1n) is 6.44. The zero-order valence-corrected chi connectivity index (χ0v) is 12.4. The third kappa shape index (κ3) is 4.51. The van der Waals surface area contributed by atoms with Crippen molar-refractivity contribution in [3.8, 4) is 0 Å². The molecule has 2 atom stereocenters. The Morgan fingerprint density at radius 3 is 2.47 bits per heavy atom. The standard InChI is InChI=1S/C15H21ClO3/c1-11(2)9-10-19-14(17)15(3,18)13(16)12-7-5-4-6-8-12/h4-8,11,13,18H,9-10H2,1-3H3/t13-,15-/m0/s1. The van der Waals surface area contributed by atoms with Crippen LogP contribution in [-0.4, -0.2) is 23.3 Å². The van der Waals surface area contributed by atoms with E-state index < -0.39 is 16.9 Å². The number of hydrogen-bond donors (Lipinski definition) is 1. The minimum Gasteiger partial charge on any atom is -0.464 e. The zero-order valence-electron chi connectivity index (χ0n) is 11.6. The molecule has 0 aromatic heterocycles. The van der Waals surface area contributed by atoms with Crippen LogP contribution in [0.3, 0.4) is 0 Å². The molecule has 1 aromatic carbocycles. The van der Waals surface area contributed by atoms with Crippen LogP contribution in [0.1, 0.15) is 38.1 Å². The summed E-state index contributed by atoms with van der Waals surface area (Å²) in [4.78, 5) is 11.9. The van der Waals surface area contributed by atoms with E-state index in [1.54, 1.807) is 12.1 Å². The van der Waals surface area contributed by atoms with Crippen molar-refractivity contribution in [1.82, 2.24) is 0 Å². The fraction of sp³-hybridized carbons (Fsp3) is 0.533. The molecule has 0 bridgehead atoms. The first-order valence-corrected chi connectivity index (χ1v) is 6.88. The third-order valence-corrected chi connectivity index (χ3v) is 3.60. The van der Waals surface area contributed by atoms with Gasteiger partial charge < -0.3 is 9.84 Å². The topological polar surface area (TPSA) is 46.5 Å². The average molecular weight is 285 g/mol. The Bertz CT molecular complexity index is 401. The van der Waals surface area contributed by atoms with Gasteiger partial charge >= 0.3 is 5.97 Å². The van der Waals surface area contributed by atoms with Gasteiger partial charge in [0.2, 0.25) is 0 Å². The molecule has 0 unspecified atom stereocenters. The summed E-state index contributed by atoms with van der Waals surface area (Å²) in [5.74, 6) is -0.240. The molecule has 0 spiro atoms. The van der Waals surface area contributed by atoms with Crippen LogP contribution in [0, 0.1) is 5.92 Å².